The summed E-state index contributed by atoms with van der Waals surface area (Å²) in [5.41, 5.74) is 5.44. The first-order valence-electron chi connectivity index (χ1n) is 12.6. The number of benzene rings is 2. The molecule has 40 heavy (non-hydrogen) atoms. The van der Waals surface area contributed by atoms with Gasteiger partial charge in [0.25, 0.3) is 5.91 Å². The van der Waals surface area contributed by atoms with E-state index in [-0.39, 0.29) is 10.5 Å². The average molecular weight is 576 g/mol. The zero-order chi connectivity index (χ0) is 27.9. The van der Waals surface area contributed by atoms with Crippen LogP contribution in [0.25, 0.3) is 16.6 Å². The Morgan fingerprint density at radius 3 is 2.70 bits per heavy atom. The summed E-state index contributed by atoms with van der Waals surface area (Å²) in [4.78, 5) is 17.8. The van der Waals surface area contributed by atoms with E-state index in [4.69, 9.17) is 4.98 Å². The van der Waals surface area contributed by atoms with E-state index in [1.54, 1.807) is 23.0 Å². The lowest BCUT2D eigenvalue weighted by molar-refractivity contribution is 0.0955. The summed E-state index contributed by atoms with van der Waals surface area (Å²) in [5.74, 6) is -0.527. The smallest absolute Gasteiger partial charge is 0.271 e. The number of amides is 1. The average Bonchev–Trinajstić information content (AvgIpc) is 3.71. The maximum atomic E-state index is 12.9. The van der Waals surface area contributed by atoms with Crippen molar-refractivity contribution in [3.05, 3.63) is 71.7 Å². The SMILES string of the molecule is Cc1nn2c(nc(Sc3nncn3C)c3ccccc32)c1/C=N\NC(=O)c1cccc(S(=O)(=O)N2CCCC2)c1. The molecular weight excluding hydrogens is 550 g/mol. The summed E-state index contributed by atoms with van der Waals surface area (Å²) < 4.78 is 30.9. The van der Waals surface area contributed by atoms with Gasteiger partial charge in [0.05, 0.1) is 27.9 Å². The number of aryl methyl sites for hydroxylation is 2. The van der Waals surface area contributed by atoms with E-state index in [1.165, 1.54) is 34.4 Å². The first-order chi connectivity index (χ1) is 19.3. The van der Waals surface area contributed by atoms with Gasteiger partial charge in [-0.2, -0.15) is 14.5 Å². The van der Waals surface area contributed by atoms with Gasteiger partial charge in [0.1, 0.15) is 11.4 Å². The van der Waals surface area contributed by atoms with Crippen molar-refractivity contribution >= 4 is 50.5 Å². The van der Waals surface area contributed by atoms with Gasteiger partial charge >= 0.3 is 0 Å². The van der Waals surface area contributed by atoms with Crippen molar-refractivity contribution in [2.75, 3.05) is 13.1 Å². The predicted octanol–water partition coefficient (Wildman–Crippen LogP) is 3.02. The molecule has 3 aromatic heterocycles. The van der Waals surface area contributed by atoms with Gasteiger partial charge in [0, 0.05) is 31.1 Å². The molecule has 1 saturated heterocycles. The number of rotatable bonds is 7. The summed E-state index contributed by atoms with van der Waals surface area (Å²) in [7, 11) is -1.78. The van der Waals surface area contributed by atoms with Crippen molar-refractivity contribution in [3.8, 4) is 0 Å². The molecular formula is C26H25N9O3S2. The highest BCUT2D eigenvalue weighted by atomic mass is 32.2. The molecule has 1 N–H and O–H groups in total. The largest absolute Gasteiger partial charge is 0.311 e. The predicted molar refractivity (Wildman–Crippen MR) is 150 cm³/mol. The Bertz CT molecular complexity index is 1890. The van der Waals surface area contributed by atoms with Crippen LogP contribution < -0.4 is 5.43 Å². The Hall–Kier alpha value is -4.14. The van der Waals surface area contributed by atoms with Crippen LogP contribution >= 0.6 is 11.8 Å². The van der Waals surface area contributed by atoms with Gasteiger partial charge in [-0.3, -0.25) is 4.79 Å². The van der Waals surface area contributed by atoms with Crippen LogP contribution in [0.1, 0.15) is 34.5 Å². The quantitative estimate of drug-likeness (QED) is 0.177. The van der Waals surface area contributed by atoms with Crippen molar-refractivity contribution in [3.63, 3.8) is 0 Å². The standard InChI is InChI=1S/C26H25N9O3S2/c1-17-21(15-27-30-24(36)18-8-7-9-19(14-18)40(37,38)34-12-5-6-13-34)23-29-25(39-26-31-28-16-33(26)2)20-10-3-4-11-22(20)35(23)32-17/h3-4,7-11,14-16H,5-6,12-13H2,1-2H3,(H,30,36)/b27-15-. The van der Waals surface area contributed by atoms with Gasteiger partial charge < -0.3 is 4.57 Å². The minimum absolute atomic E-state index is 0.0912. The summed E-state index contributed by atoms with van der Waals surface area (Å²) >= 11 is 1.39. The van der Waals surface area contributed by atoms with Gasteiger partial charge in [0.15, 0.2) is 10.8 Å². The van der Waals surface area contributed by atoms with E-state index >= 15 is 0 Å². The second-order valence-electron chi connectivity index (χ2n) is 9.33. The molecule has 4 heterocycles. The normalized spacial score (nSPS) is 14.6. The lowest BCUT2D eigenvalue weighted by Crippen LogP contribution is -2.28. The number of carbonyl (C=O) groups excluding carboxylic acids is 1. The molecule has 14 heteroatoms. The van der Waals surface area contributed by atoms with Crippen LogP contribution in [0.3, 0.4) is 0 Å². The molecule has 0 bridgehead atoms. The van der Waals surface area contributed by atoms with Crippen LogP contribution in [0.2, 0.25) is 0 Å². The Labute approximate surface area is 234 Å². The number of para-hydroxylation sites is 1. The van der Waals surface area contributed by atoms with E-state index in [9.17, 15) is 13.2 Å². The highest BCUT2D eigenvalue weighted by Crippen LogP contribution is 2.32. The maximum absolute atomic E-state index is 12.9. The van der Waals surface area contributed by atoms with Crippen molar-refractivity contribution in [2.24, 2.45) is 12.1 Å². The molecule has 5 aromatic rings. The van der Waals surface area contributed by atoms with E-state index in [0.29, 0.717) is 35.2 Å². The fourth-order valence-electron chi connectivity index (χ4n) is 4.57. The molecule has 1 aliphatic heterocycles. The number of sulfonamides is 1. The number of nitrogens with zero attached hydrogens (tertiary/aromatic N) is 8. The first kappa shape index (κ1) is 26.1. The van der Waals surface area contributed by atoms with E-state index < -0.39 is 15.9 Å². The minimum Gasteiger partial charge on any atom is -0.311 e. The fourth-order valence-corrected chi connectivity index (χ4v) is 7.00. The van der Waals surface area contributed by atoms with Crippen LogP contribution in [-0.2, 0) is 17.1 Å². The minimum atomic E-state index is -3.64. The topological polar surface area (TPSA) is 140 Å². The maximum Gasteiger partial charge on any atom is 0.271 e. The van der Waals surface area contributed by atoms with Crippen LogP contribution in [-0.4, -0.2) is 67.3 Å². The van der Waals surface area contributed by atoms with Gasteiger partial charge in [-0.1, -0.05) is 24.3 Å². The zero-order valence-corrected chi connectivity index (χ0v) is 23.4. The Morgan fingerprint density at radius 2 is 1.93 bits per heavy atom. The molecule has 0 saturated carbocycles. The van der Waals surface area contributed by atoms with Crippen LogP contribution in [0.5, 0.6) is 0 Å². The second kappa shape index (κ2) is 10.4. The monoisotopic (exact) mass is 575 g/mol. The van der Waals surface area contributed by atoms with Gasteiger partial charge in [0.2, 0.25) is 10.0 Å². The third kappa shape index (κ3) is 4.74. The highest BCUT2D eigenvalue weighted by Gasteiger charge is 2.27. The van der Waals surface area contributed by atoms with Crippen LogP contribution in [0, 0.1) is 6.92 Å². The van der Waals surface area contributed by atoms with Crippen molar-refractivity contribution in [1.82, 2.24) is 39.1 Å². The summed E-state index contributed by atoms with van der Waals surface area (Å²) in [5, 5.41) is 19.3. The van der Waals surface area contributed by atoms with E-state index in [1.807, 2.05) is 42.8 Å². The van der Waals surface area contributed by atoms with Crippen molar-refractivity contribution < 1.29 is 13.2 Å². The third-order valence-electron chi connectivity index (χ3n) is 6.67. The molecule has 0 unspecified atom stereocenters. The number of nitrogens with one attached hydrogen (secondary N) is 1. The second-order valence-corrected chi connectivity index (χ2v) is 12.2. The number of hydrazone groups is 1. The van der Waals surface area contributed by atoms with Crippen LogP contribution in [0.15, 0.2) is 75.0 Å². The molecule has 0 radical (unpaired) electrons. The first-order valence-corrected chi connectivity index (χ1v) is 14.8. The third-order valence-corrected chi connectivity index (χ3v) is 9.62. The molecule has 12 nitrogen and oxygen atoms in total. The Kier molecular flexibility index (Phi) is 6.82. The lowest BCUT2D eigenvalue weighted by Gasteiger charge is -2.15. The van der Waals surface area contributed by atoms with Gasteiger partial charge in [-0.15, -0.1) is 10.2 Å². The number of carbonyl (C=O) groups is 1. The van der Waals surface area contributed by atoms with Gasteiger partial charge in [-0.05, 0) is 55.8 Å². The van der Waals surface area contributed by atoms with Crippen molar-refractivity contribution in [2.45, 2.75) is 34.8 Å². The number of hydrogen-bond donors (Lipinski definition) is 1. The molecule has 1 aliphatic rings. The highest BCUT2D eigenvalue weighted by molar-refractivity contribution is 7.99. The fraction of sp³-hybridized carbons (Fsp3) is 0.231. The Morgan fingerprint density at radius 1 is 1.12 bits per heavy atom. The molecule has 0 spiro atoms. The molecule has 204 valence electrons. The molecule has 2 aromatic carbocycles. The molecule has 1 fully saturated rings. The van der Waals surface area contributed by atoms with E-state index in [0.717, 1.165) is 28.8 Å². The summed E-state index contributed by atoms with van der Waals surface area (Å²) in [6, 6.07) is 13.8. The van der Waals surface area contributed by atoms with E-state index in [2.05, 4.69) is 25.8 Å². The molecule has 1 amide bonds. The zero-order valence-electron chi connectivity index (χ0n) is 21.7. The number of hydrogen-bond acceptors (Lipinski definition) is 9. The molecule has 0 aliphatic carbocycles. The molecule has 0 atom stereocenters. The number of aromatic nitrogens is 6. The number of fused-ring (bicyclic) bond motifs is 3. The Balaban J connectivity index is 1.29. The van der Waals surface area contributed by atoms with Crippen LogP contribution in [0.4, 0.5) is 0 Å². The van der Waals surface area contributed by atoms with Gasteiger partial charge in [-0.25, -0.2) is 23.3 Å². The summed E-state index contributed by atoms with van der Waals surface area (Å²) in [6.45, 7) is 2.82. The molecule has 6 rings (SSSR count). The summed E-state index contributed by atoms with van der Waals surface area (Å²) in [6.07, 6.45) is 4.80. The lowest BCUT2D eigenvalue weighted by atomic mass is 10.2. The van der Waals surface area contributed by atoms with Crippen molar-refractivity contribution in [1.29, 1.82) is 0 Å².